The predicted molar refractivity (Wildman–Crippen MR) is 78.5 cm³/mol. The molecule has 4 nitrogen and oxygen atoms in total. The number of aromatic nitrogens is 3. The molecule has 102 valence electrons. The average Bonchev–Trinajstić information content (AvgIpc) is 2.97. The minimum atomic E-state index is -0.215. The topological polar surface area (TPSA) is 51.8 Å². The number of nitrogens with zero attached hydrogens (tertiary/aromatic N) is 3. The van der Waals surface area contributed by atoms with Gasteiger partial charge >= 0.3 is 0 Å². The third-order valence-electron chi connectivity index (χ3n) is 3.14. The Morgan fingerprint density at radius 3 is 2.95 bits per heavy atom. The van der Waals surface area contributed by atoms with E-state index in [4.69, 9.17) is 16.1 Å². The Balaban J connectivity index is 2.03. The van der Waals surface area contributed by atoms with Crippen LogP contribution in [0.4, 0.5) is 0 Å². The monoisotopic (exact) mass is 287 g/mol. The van der Waals surface area contributed by atoms with Crippen LogP contribution < -0.4 is 0 Å². The fourth-order valence-electron chi connectivity index (χ4n) is 2.13. The van der Waals surface area contributed by atoms with Crippen LogP contribution in [0.1, 0.15) is 31.0 Å². The number of benzene rings is 1. The molecule has 1 aromatic carbocycles. The lowest BCUT2D eigenvalue weighted by Crippen LogP contribution is -1.93. The van der Waals surface area contributed by atoms with Gasteiger partial charge in [-0.3, -0.25) is 4.98 Å². The molecule has 0 saturated heterocycles. The highest BCUT2D eigenvalue weighted by Crippen LogP contribution is 2.28. The Hall–Kier alpha value is -1.94. The maximum Gasteiger partial charge on any atom is 0.277 e. The minimum absolute atomic E-state index is 0.215. The van der Waals surface area contributed by atoms with Gasteiger partial charge in [0.2, 0.25) is 0 Å². The van der Waals surface area contributed by atoms with E-state index in [-0.39, 0.29) is 5.38 Å². The van der Waals surface area contributed by atoms with E-state index in [1.54, 1.807) is 6.20 Å². The quantitative estimate of drug-likeness (QED) is 0.669. The molecule has 0 bridgehead atoms. The summed E-state index contributed by atoms with van der Waals surface area (Å²) >= 11 is 6.22. The van der Waals surface area contributed by atoms with Crippen molar-refractivity contribution in [3.8, 4) is 11.6 Å². The Labute approximate surface area is 121 Å². The fourth-order valence-corrected chi connectivity index (χ4v) is 2.44. The molecule has 0 aliphatic carbocycles. The van der Waals surface area contributed by atoms with Gasteiger partial charge in [0.15, 0.2) is 5.82 Å². The lowest BCUT2D eigenvalue weighted by molar-refractivity contribution is 0.419. The molecule has 2 aromatic heterocycles. The summed E-state index contributed by atoms with van der Waals surface area (Å²) in [6, 6.07) is 9.93. The Kier molecular flexibility index (Phi) is 3.65. The van der Waals surface area contributed by atoms with Crippen LogP contribution in [0.15, 0.2) is 41.1 Å². The summed E-state index contributed by atoms with van der Waals surface area (Å²) < 4.78 is 5.32. The first-order valence-electron chi connectivity index (χ1n) is 6.61. The second-order valence-corrected chi connectivity index (χ2v) is 5.12. The smallest absolute Gasteiger partial charge is 0.277 e. The molecule has 1 atom stereocenters. The van der Waals surface area contributed by atoms with Gasteiger partial charge in [-0.15, -0.1) is 11.6 Å². The maximum atomic E-state index is 6.22. The van der Waals surface area contributed by atoms with E-state index in [0.29, 0.717) is 17.4 Å². The summed E-state index contributed by atoms with van der Waals surface area (Å²) in [5, 5.41) is 5.83. The van der Waals surface area contributed by atoms with Gasteiger partial charge in [0.05, 0.1) is 5.38 Å². The maximum absolute atomic E-state index is 6.22. The molecule has 3 aromatic rings. The Morgan fingerprint density at radius 2 is 2.10 bits per heavy atom. The lowest BCUT2D eigenvalue weighted by atomic mass is 10.1. The SMILES string of the molecule is CCCC(Cl)c1noc(-c2nccc3ccccc23)n1. The second kappa shape index (κ2) is 5.59. The summed E-state index contributed by atoms with van der Waals surface area (Å²) in [4.78, 5) is 8.73. The number of alkyl halides is 1. The molecule has 2 heterocycles. The Bertz CT molecular complexity index is 720. The summed E-state index contributed by atoms with van der Waals surface area (Å²) in [5.41, 5.74) is 0.696. The fraction of sp³-hybridized carbons (Fsp3) is 0.267. The van der Waals surface area contributed by atoms with E-state index in [9.17, 15) is 0 Å². The van der Waals surface area contributed by atoms with E-state index in [2.05, 4.69) is 22.0 Å². The van der Waals surface area contributed by atoms with E-state index in [1.165, 1.54) is 0 Å². The standard InChI is InChI=1S/C15H14ClN3O/c1-2-5-12(16)14-18-15(20-19-14)13-11-7-4-3-6-10(11)8-9-17-13/h3-4,6-9,12H,2,5H2,1H3. The zero-order chi connectivity index (χ0) is 13.9. The summed E-state index contributed by atoms with van der Waals surface area (Å²) in [5.74, 6) is 0.941. The van der Waals surface area contributed by atoms with E-state index in [0.717, 1.165) is 23.6 Å². The normalized spacial score (nSPS) is 12.7. The Morgan fingerprint density at radius 1 is 1.25 bits per heavy atom. The molecule has 0 saturated carbocycles. The average molecular weight is 288 g/mol. The molecule has 0 radical (unpaired) electrons. The van der Waals surface area contributed by atoms with E-state index >= 15 is 0 Å². The van der Waals surface area contributed by atoms with Crippen molar-refractivity contribution in [3.05, 3.63) is 42.4 Å². The molecule has 0 N–H and O–H groups in total. The van der Waals surface area contributed by atoms with Crippen LogP contribution in [-0.4, -0.2) is 15.1 Å². The third-order valence-corrected chi connectivity index (χ3v) is 3.55. The van der Waals surface area contributed by atoms with Crippen molar-refractivity contribution in [2.75, 3.05) is 0 Å². The number of fused-ring (bicyclic) bond motifs is 1. The first kappa shape index (κ1) is 13.1. The largest absolute Gasteiger partial charge is 0.332 e. The molecule has 0 amide bonds. The van der Waals surface area contributed by atoms with Crippen molar-refractivity contribution in [1.29, 1.82) is 0 Å². The van der Waals surface area contributed by atoms with Crippen LogP contribution in [0.2, 0.25) is 0 Å². The minimum Gasteiger partial charge on any atom is -0.332 e. The first-order valence-corrected chi connectivity index (χ1v) is 7.05. The van der Waals surface area contributed by atoms with Crippen LogP contribution in [0.3, 0.4) is 0 Å². The number of hydrogen-bond donors (Lipinski definition) is 0. The van der Waals surface area contributed by atoms with Crippen molar-refractivity contribution in [2.45, 2.75) is 25.1 Å². The van der Waals surface area contributed by atoms with Gasteiger partial charge < -0.3 is 4.52 Å². The molecule has 20 heavy (non-hydrogen) atoms. The lowest BCUT2D eigenvalue weighted by Gasteiger charge is -2.01. The van der Waals surface area contributed by atoms with Crippen molar-refractivity contribution >= 4 is 22.4 Å². The zero-order valence-corrected chi connectivity index (χ0v) is 11.8. The van der Waals surface area contributed by atoms with Crippen LogP contribution in [0.5, 0.6) is 0 Å². The van der Waals surface area contributed by atoms with Crippen LogP contribution in [-0.2, 0) is 0 Å². The van der Waals surface area contributed by atoms with Crippen molar-refractivity contribution in [1.82, 2.24) is 15.1 Å². The molecule has 0 aliphatic rings. The van der Waals surface area contributed by atoms with Crippen molar-refractivity contribution in [3.63, 3.8) is 0 Å². The highest BCUT2D eigenvalue weighted by Gasteiger charge is 2.17. The molecule has 0 spiro atoms. The summed E-state index contributed by atoms with van der Waals surface area (Å²) in [7, 11) is 0. The van der Waals surface area contributed by atoms with Crippen LogP contribution in [0, 0.1) is 0 Å². The molecule has 0 aliphatic heterocycles. The first-order chi connectivity index (χ1) is 9.79. The van der Waals surface area contributed by atoms with E-state index < -0.39 is 0 Å². The molecular weight excluding hydrogens is 274 g/mol. The summed E-state index contributed by atoms with van der Waals surface area (Å²) in [6.07, 6.45) is 3.54. The molecule has 5 heteroatoms. The second-order valence-electron chi connectivity index (χ2n) is 4.59. The number of rotatable bonds is 4. The highest BCUT2D eigenvalue weighted by atomic mass is 35.5. The van der Waals surface area contributed by atoms with E-state index in [1.807, 2.05) is 30.3 Å². The molecule has 1 unspecified atom stereocenters. The number of pyridine rings is 1. The van der Waals surface area contributed by atoms with Crippen molar-refractivity contribution < 1.29 is 4.52 Å². The zero-order valence-electron chi connectivity index (χ0n) is 11.1. The molecule has 0 fully saturated rings. The highest BCUT2D eigenvalue weighted by molar-refractivity contribution is 6.20. The van der Waals surface area contributed by atoms with Gasteiger partial charge in [0, 0.05) is 11.6 Å². The van der Waals surface area contributed by atoms with Gasteiger partial charge in [-0.2, -0.15) is 4.98 Å². The summed E-state index contributed by atoms with van der Waals surface area (Å²) in [6.45, 7) is 2.07. The van der Waals surface area contributed by atoms with Crippen LogP contribution >= 0.6 is 11.6 Å². The van der Waals surface area contributed by atoms with Gasteiger partial charge in [0.1, 0.15) is 5.69 Å². The molecule has 3 rings (SSSR count). The number of halogens is 1. The van der Waals surface area contributed by atoms with Gasteiger partial charge in [-0.25, -0.2) is 0 Å². The van der Waals surface area contributed by atoms with Gasteiger partial charge in [-0.1, -0.05) is 42.8 Å². The van der Waals surface area contributed by atoms with Gasteiger partial charge in [0.25, 0.3) is 5.89 Å². The van der Waals surface area contributed by atoms with Gasteiger partial charge in [-0.05, 0) is 17.9 Å². The molecular formula is C15H14ClN3O. The third kappa shape index (κ3) is 2.39. The predicted octanol–water partition coefficient (Wildman–Crippen LogP) is 4.36. The van der Waals surface area contributed by atoms with Crippen LogP contribution in [0.25, 0.3) is 22.4 Å². The van der Waals surface area contributed by atoms with Crippen molar-refractivity contribution in [2.24, 2.45) is 0 Å². The number of hydrogen-bond acceptors (Lipinski definition) is 4.